The maximum absolute atomic E-state index is 6.20. The summed E-state index contributed by atoms with van der Waals surface area (Å²) in [5, 5.41) is 4.22. The number of benzene rings is 2. The molecule has 0 aliphatic heterocycles. The Bertz CT molecular complexity index is 709. The number of rotatable bonds is 12. The van der Waals surface area contributed by atoms with E-state index in [9.17, 15) is 0 Å². The van der Waals surface area contributed by atoms with Crippen LogP contribution in [0.2, 0.25) is 5.02 Å². The topological polar surface area (TPSA) is 30.5 Å². The van der Waals surface area contributed by atoms with Gasteiger partial charge in [0.25, 0.3) is 0 Å². The molecule has 0 saturated heterocycles. The van der Waals surface area contributed by atoms with Gasteiger partial charge in [0.2, 0.25) is 0 Å². The molecule has 0 saturated carbocycles. The van der Waals surface area contributed by atoms with Crippen LogP contribution in [0, 0.1) is 0 Å². The summed E-state index contributed by atoms with van der Waals surface area (Å²) in [7, 11) is 1.66. The predicted molar refractivity (Wildman–Crippen MR) is 117 cm³/mol. The normalized spacial score (nSPS) is 10.8. The fraction of sp³-hybridized carbons (Fsp3) is 0.455. The molecule has 148 valence electrons. The first-order valence-electron chi connectivity index (χ1n) is 9.59. The molecule has 0 atom stereocenters. The Morgan fingerprint density at radius 1 is 1.00 bits per heavy atom. The van der Waals surface area contributed by atoms with Gasteiger partial charge in [0.05, 0.1) is 7.11 Å². The van der Waals surface area contributed by atoms with Gasteiger partial charge in [0.15, 0.2) is 11.5 Å². The van der Waals surface area contributed by atoms with Gasteiger partial charge in [-0.3, -0.25) is 0 Å². The molecule has 2 aromatic rings. The molecular formula is C22H29BrClNO2. The lowest BCUT2D eigenvalue weighted by Gasteiger charge is -2.15. The zero-order valence-electron chi connectivity index (χ0n) is 16.2. The van der Waals surface area contributed by atoms with E-state index >= 15 is 0 Å². The van der Waals surface area contributed by atoms with Crippen LogP contribution in [0.25, 0.3) is 0 Å². The average molecular weight is 455 g/mol. The lowest BCUT2D eigenvalue weighted by molar-refractivity contribution is 0.284. The van der Waals surface area contributed by atoms with Crippen molar-refractivity contribution in [2.24, 2.45) is 0 Å². The van der Waals surface area contributed by atoms with E-state index in [-0.39, 0.29) is 0 Å². The van der Waals surface area contributed by atoms with Gasteiger partial charge in [0.1, 0.15) is 6.61 Å². The monoisotopic (exact) mass is 453 g/mol. The van der Waals surface area contributed by atoms with Crippen LogP contribution in [0.1, 0.15) is 50.2 Å². The van der Waals surface area contributed by atoms with Crippen LogP contribution in [0.5, 0.6) is 11.5 Å². The largest absolute Gasteiger partial charge is 0.493 e. The molecule has 0 aliphatic carbocycles. The smallest absolute Gasteiger partial charge is 0.162 e. The highest BCUT2D eigenvalue weighted by Crippen LogP contribution is 2.34. The molecule has 5 heteroatoms. The highest BCUT2D eigenvalue weighted by atomic mass is 79.9. The summed E-state index contributed by atoms with van der Waals surface area (Å²) in [5.74, 6) is 1.43. The van der Waals surface area contributed by atoms with E-state index in [1.807, 2.05) is 36.4 Å². The van der Waals surface area contributed by atoms with E-state index in [2.05, 4.69) is 28.2 Å². The molecule has 0 unspecified atom stereocenters. The van der Waals surface area contributed by atoms with Gasteiger partial charge >= 0.3 is 0 Å². The van der Waals surface area contributed by atoms with E-state index in [4.69, 9.17) is 21.1 Å². The molecule has 0 aromatic heterocycles. The zero-order valence-corrected chi connectivity index (χ0v) is 18.5. The molecule has 27 heavy (non-hydrogen) atoms. The molecule has 0 radical (unpaired) electrons. The van der Waals surface area contributed by atoms with Crippen molar-refractivity contribution in [1.29, 1.82) is 0 Å². The molecule has 0 fully saturated rings. The molecule has 0 spiro atoms. The molecule has 2 rings (SSSR count). The molecule has 0 amide bonds. The maximum Gasteiger partial charge on any atom is 0.162 e. The van der Waals surface area contributed by atoms with Crippen LogP contribution in [0.15, 0.2) is 40.9 Å². The van der Waals surface area contributed by atoms with Crippen molar-refractivity contribution >= 4 is 27.5 Å². The van der Waals surface area contributed by atoms with E-state index in [1.165, 1.54) is 32.1 Å². The van der Waals surface area contributed by atoms with Gasteiger partial charge in [-0.05, 0) is 36.7 Å². The van der Waals surface area contributed by atoms with Crippen molar-refractivity contribution < 1.29 is 9.47 Å². The van der Waals surface area contributed by atoms with Crippen LogP contribution in [0.4, 0.5) is 0 Å². The highest BCUT2D eigenvalue weighted by molar-refractivity contribution is 9.10. The Balaban J connectivity index is 1.91. The molecular weight excluding hydrogens is 426 g/mol. The lowest BCUT2D eigenvalue weighted by atomic mass is 10.1. The second kappa shape index (κ2) is 12.3. The summed E-state index contributed by atoms with van der Waals surface area (Å²) in [6.45, 7) is 4.47. The third kappa shape index (κ3) is 7.36. The minimum Gasteiger partial charge on any atom is -0.493 e. The van der Waals surface area contributed by atoms with Gasteiger partial charge < -0.3 is 14.8 Å². The standard InChI is InChI=1S/C22H29BrClNO2/c1-3-4-5-6-9-12-25-15-18-13-21(26-2)22(14-19(18)23)27-16-17-10-7-8-11-20(17)24/h7-8,10-11,13-14,25H,3-6,9,12,15-16H2,1-2H3. The fourth-order valence-electron chi connectivity index (χ4n) is 2.83. The van der Waals surface area contributed by atoms with Gasteiger partial charge in [-0.15, -0.1) is 0 Å². The third-order valence-corrected chi connectivity index (χ3v) is 5.55. The zero-order chi connectivity index (χ0) is 19.5. The van der Waals surface area contributed by atoms with E-state index < -0.39 is 0 Å². The minimum atomic E-state index is 0.401. The summed E-state index contributed by atoms with van der Waals surface area (Å²) in [6.07, 6.45) is 6.45. The summed E-state index contributed by atoms with van der Waals surface area (Å²) >= 11 is 9.86. The molecule has 0 bridgehead atoms. The second-order valence-electron chi connectivity index (χ2n) is 6.57. The molecule has 3 nitrogen and oxygen atoms in total. The van der Waals surface area contributed by atoms with Crippen molar-refractivity contribution in [1.82, 2.24) is 5.32 Å². The SMILES string of the molecule is CCCCCCCNCc1cc(OC)c(OCc2ccccc2Cl)cc1Br. The first-order valence-corrected chi connectivity index (χ1v) is 10.8. The Kier molecular flexibility index (Phi) is 10.0. The van der Waals surface area contributed by atoms with Crippen molar-refractivity contribution in [3.05, 3.63) is 57.0 Å². The van der Waals surface area contributed by atoms with Crippen LogP contribution < -0.4 is 14.8 Å². The van der Waals surface area contributed by atoms with Crippen LogP contribution >= 0.6 is 27.5 Å². The van der Waals surface area contributed by atoms with E-state index in [1.54, 1.807) is 7.11 Å². The lowest BCUT2D eigenvalue weighted by Crippen LogP contribution is -2.15. The molecule has 0 aliphatic rings. The predicted octanol–water partition coefficient (Wildman–Crippen LogP) is 6.75. The summed E-state index contributed by atoms with van der Waals surface area (Å²) in [6, 6.07) is 11.7. The number of methoxy groups -OCH3 is 1. The number of unbranched alkanes of at least 4 members (excludes halogenated alkanes) is 4. The van der Waals surface area contributed by atoms with Crippen LogP contribution in [0.3, 0.4) is 0 Å². The Hall–Kier alpha value is -1.23. The third-order valence-electron chi connectivity index (χ3n) is 4.45. The number of nitrogens with one attached hydrogen (secondary N) is 1. The fourth-order valence-corrected chi connectivity index (χ4v) is 3.49. The minimum absolute atomic E-state index is 0.401. The number of hydrogen-bond donors (Lipinski definition) is 1. The van der Waals surface area contributed by atoms with E-state index in [0.717, 1.165) is 34.4 Å². The van der Waals surface area contributed by atoms with Crippen molar-refractivity contribution in [3.63, 3.8) is 0 Å². The quantitative estimate of drug-likeness (QED) is 0.360. The molecule has 0 heterocycles. The first-order chi connectivity index (χ1) is 13.2. The number of ether oxygens (including phenoxy) is 2. The number of halogens is 2. The maximum atomic E-state index is 6.20. The summed E-state index contributed by atoms with van der Waals surface area (Å²) in [4.78, 5) is 0. The van der Waals surface area contributed by atoms with Crippen LogP contribution in [-0.4, -0.2) is 13.7 Å². The van der Waals surface area contributed by atoms with Gasteiger partial charge in [-0.2, -0.15) is 0 Å². The van der Waals surface area contributed by atoms with Crippen molar-refractivity contribution in [2.75, 3.05) is 13.7 Å². The Morgan fingerprint density at radius 2 is 1.78 bits per heavy atom. The molecule has 1 N–H and O–H groups in total. The highest BCUT2D eigenvalue weighted by Gasteiger charge is 2.11. The second-order valence-corrected chi connectivity index (χ2v) is 7.83. The number of hydrogen-bond acceptors (Lipinski definition) is 3. The summed E-state index contributed by atoms with van der Waals surface area (Å²) in [5.41, 5.74) is 2.11. The van der Waals surface area contributed by atoms with Gasteiger partial charge in [-0.25, -0.2) is 0 Å². The summed E-state index contributed by atoms with van der Waals surface area (Å²) < 4.78 is 12.5. The Labute approximate surface area is 176 Å². The van der Waals surface area contributed by atoms with Crippen LogP contribution in [-0.2, 0) is 13.2 Å². The molecule has 2 aromatic carbocycles. The average Bonchev–Trinajstić information content (AvgIpc) is 2.67. The van der Waals surface area contributed by atoms with Gasteiger partial charge in [-0.1, -0.05) is 78.3 Å². The van der Waals surface area contributed by atoms with Gasteiger partial charge in [0, 0.05) is 21.6 Å². The van der Waals surface area contributed by atoms with E-state index in [0.29, 0.717) is 17.4 Å². The first kappa shape index (κ1) is 22.1. The Morgan fingerprint density at radius 3 is 2.52 bits per heavy atom. The van der Waals surface area contributed by atoms with Crippen molar-refractivity contribution in [3.8, 4) is 11.5 Å². The van der Waals surface area contributed by atoms with Crippen molar-refractivity contribution in [2.45, 2.75) is 52.2 Å².